The van der Waals surface area contributed by atoms with Crippen LogP contribution in [0.2, 0.25) is 0 Å². The molecule has 3 fully saturated rings. The predicted octanol–water partition coefficient (Wildman–Crippen LogP) is 4.17. The topological polar surface area (TPSA) is 93.3 Å². The molecule has 180 valence electrons. The van der Waals surface area contributed by atoms with Gasteiger partial charge in [-0.05, 0) is 48.8 Å². The lowest BCUT2D eigenvalue weighted by molar-refractivity contribution is -0.0769. The van der Waals surface area contributed by atoms with E-state index >= 15 is 0 Å². The molecule has 8 heteroatoms. The number of hydrogen-bond acceptors (Lipinski definition) is 7. The van der Waals surface area contributed by atoms with Gasteiger partial charge in [-0.1, -0.05) is 36.3 Å². The van der Waals surface area contributed by atoms with E-state index in [2.05, 4.69) is 51.6 Å². The zero-order valence-electron chi connectivity index (χ0n) is 19.4. The summed E-state index contributed by atoms with van der Waals surface area (Å²) in [6, 6.07) is 10.5. The van der Waals surface area contributed by atoms with E-state index in [1.807, 2.05) is 6.07 Å². The third-order valence-electron chi connectivity index (χ3n) is 7.71. The van der Waals surface area contributed by atoms with Gasteiger partial charge in [0.2, 0.25) is 0 Å². The maximum Gasteiger partial charge on any atom is 0.259 e. The van der Waals surface area contributed by atoms with Crippen LogP contribution in [-0.2, 0) is 10.3 Å². The van der Waals surface area contributed by atoms with Crippen molar-refractivity contribution < 1.29 is 14.4 Å². The van der Waals surface area contributed by atoms with Crippen LogP contribution in [0.1, 0.15) is 67.0 Å². The molecule has 34 heavy (non-hydrogen) atoms. The number of aliphatic hydroxyl groups is 1. The molecule has 0 unspecified atom stereocenters. The zero-order valence-corrected chi connectivity index (χ0v) is 20.2. The highest BCUT2D eigenvalue weighted by atomic mass is 35.5. The molecule has 4 heterocycles. The van der Waals surface area contributed by atoms with Crippen LogP contribution in [0.25, 0.3) is 11.5 Å². The highest BCUT2D eigenvalue weighted by Gasteiger charge is 2.53. The van der Waals surface area contributed by atoms with Crippen molar-refractivity contribution >= 4 is 12.4 Å². The van der Waals surface area contributed by atoms with Gasteiger partial charge in [0.1, 0.15) is 5.60 Å². The third-order valence-corrected chi connectivity index (χ3v) is 7.71. The smallest absolute Gasteiger partial charge is 0.259 e. The van der Waals surface area contributed by atoms with Crippen LogP contribution in [0, 0.1) is 5.41 Å². The van der Waals surface area contributed by atoms with Crippen molar-refractivity contribution in [2.45, 2.75) is 50.0 Å². The highest BCUT2D eigenvalue weighted by Crippen LogP contribution is 2.49. The van der Waals surface area contributed by atoms with E-state index in [9.17, 15) is 5.11 Å². The molecule has 1 atom stereocenters. The molecule has 0 amide bonds. The average Bonchev–Trinajstić information content (AvgIpc) is 3.58. The Morgan fingerprint density at radius 2 is 1.74 bits per heavy atom. The summed E-state index contributed by atoms with van der Waals surface area (Å²) in [5.74, 6) is 2.10. The molecule has 2 aromatic heterocycles. The second kappa shape index (κ2) is 9.04. The van der Waals surface area contributed by atoms with E-state index in [1.165, 1.54) is 18.4 Å². The Morgan fingerprint density at radius 1 is 1.00 bits per heavy atom. The molecule has 1 saturated carbocycles. The summed E-state index contributed by atoms with van der Waals surface area (Å²) in [6.07, 6.45) is 7.81. The minimum absolute atomic E-state index is 0. The summed E-state index contributed by atoms with van der Waals surface area (Å²) < 4.78 is 11.1. The van der Waals surface area contributed by atoms with E-state index in [4.69, 9.17) is 9.26 Å². The molecule has 3 aromatic rings. The first-order valence-electron chi connectivity index (χ1n) is 12.0. The Morgan fingerprint density at radius 3 is 2.38 bits per heavy atom. The van der Waals surface area contributed by atoms with Gasteiger partial charge in [-0.3, -0.25) is 4.98 Å². The number of pyridine rings is 1. The summed E-state index contributed by atoms with van der Waals surface area (Å²) >= 11 is 0. The van der Waals surface area contributed by atoms with E-state index in [-0.39, 0.29) is 23.7 Å². The normalized spacial score (nSPS) is 21.8. The largest absolute Gasteiger partial charge is 0.381 e. The summed E-state index contributed by atoms with van der Waals surface area (Å²) in [5.41, 5.74) is 2.18. The van der Waals surface area contributed by atoms with Gasteiger partial charge in [-0.2, -0.15) is 4.98 Å². The molecule has 2 N–H and O–H groups in total. The Hall–Kier alpha value is -2.32. The highest BCUT2D eigenvalue weighted by molar-refractivity contribution is 5.85. The fourth-order valence-corrected chi connectivity index (χ4v) is 5.26. The van der Waals surface area contributed by atoms with Gasteiger partial charge >= 0.3 is 0 Å². The SMILES string of the molecule is CC1([C@](O)(c2ccc(C3CC3)cc2)c2cncc(-c3nc(C4CCOCC4)no3)c2)CNC1.Cl. The van der Waals surface area contributed by atoms with Crippen molar-refractivity contribution in [1.82, 2.24) is 20.4 Å². The first-order valence-corrected chi connectivity index (χ1v) is 12.0. The monoisotopic (exact) mass is 482 g/mol. The number of rotatable bonds is 6. The number of hydrogen-bond donors (Lipinski definition) is 2. The first-order chi connectivity index (χ1) is 16.1. The van der Waals surface area contributed by atoms with Crippen LogP contribution in [0.3, 0.4) is 0 Å². The lowest BCUT2D eigenvalue weighted by Crippen LogP contribution is -2.63. The Balaban J connectivity index is 0.00000241. The van der Waals surface area contributed by atoms with Gasteiger partial charge in [0.25, 0.3) is 5.89 Å². The van der Waals surface area contributed by atoms with Crippen LogP contribution in [0.15, 0.2) is 47.2 Å². The standard InChI is InChI=1S/C26H30N4O3.ClH/c1-25(15-28-16-25)26(31,21-6-4-18(5-7-21)17-2-3-17)22-12-20(13-27-14-22)24-29-23(30-33-24)19-8-10-32-11-9-19;/h4-7,12-14,17,19,28,31H,2-3,8-11,15-16H2,1H3;1H/t26-;/m0./s1. The van der Waals surface area contributed by atoms with Gasteiger partial charge in [-0.15, -0.1) is 12.4 Å². The molecule has 0 spiro atoms. The van der Waals surface area contributed by atoms with E-state index in [0.717, 1.165) is 61.7 Å². The summed E-state index contributed by atoms with van der Waals surface area (Å²) in [5, 5.41) is 19.9. The lowest BCUT2D eigenvalue weighted by Gasteiger charge is -2.52. The average molecular weight is 483 g/mol. The number of nitrogens with one attached hydrogen (secondary N) is 1. The molecule has 0 radical (unpaired) electrons. The Labute approximate surface area is 205 Å². The van der Waals surface area contributed by atoms with Crippen molar-refractivity contribution in [2.24, 2.45) is 5.41 Å². The van der Waals surface area contributed by atoms with E-state index in [1.54, 1.807) is 12.4 Å². The van der Waals surface area contributed by atoms with Gasteiger partial charge < -0.3 is 19.7 Å². The predicted molar refractivity (Wildman–Crippen MR) is 130 cm³/mol. The molecular formula is C26H31ClN4O3. The lowest BCUT2D eigenvalue weighted by atomic mass is 9.63. The van der Waals surface area contributed by atoms with Crippen molar-refractivity contribution in [3.8, 4) is 11.5 Å². The quantitative estimate of drug-likeness (QED) is 0.544. The number of aromatic nitrogens is 3. The molecule has 1 aliphatic carbocycles. The minimum Gasteiger partial charge on any atom is -0.381 e. The van der Waals surface area contributed by atoms with Gasteiger partial charge in [0.05, 0.1) is 5.56 Å². The molecule has 2 aliphatic heterocycles. The fraction of sp³-hybridized carbons (Fsp3) is 0.500. The third kappa shape index (κ3) is 3.94. The summed E-state index contributed by atoms with van der Waals surface area (Å²) in [6.45, 7) is 5.04. The van der Waals surface area contributed by atoms with Crippen molar-refractivity contribution in [2.75, 3.05) is 26.3 Å². The van der Waals surface area contributed by atoms with Gasteiger partial charge in [0, 0.05) is 55.6 Å². The second-order valence-electron chi connectivity index (χ2n) is 10.1. The molecule has 3 aliphatic rings. The van der Waals surface area contributed by atoms with Crippen molar-refractivity contribution in [3.63, 3.8) is 0 Å². The Kier molecular flexibility index (Phi) is 6.23. The van der Waals surface area contributed by atoms with Crippen LogP contribution in [-0.4, -0.2) is 46.5 Å². The summed E-state index contributed by atoms with van der Waals surface area (Å²) in [4.78, 5) is 9.14. The molecule has 7 nitrogen and oxygen atoms in total. The molecular weight excluding hydrogens is 452 g/mol. The molecule has 0 bridgehead atoms. The van der Waals surface area contributed by atoms with Crippen molar-refractivity contribution in [3.05, 3.63) is 65.2 Å². The number of benzene rings is 1. The first kappa shape index (κ1) is 23.4. The molecule has 1 aromatic carbocycles. The van der Waals surface area contributed by atoms with Crippen LogP contribution in [0.4, 0.5) is 0 Å². The Bertz CT molecular complexity index is 1140. The second-order valence-corrected chi connectivity index (χ2v) is 10.1. The number of halogens is 1. The van der Waals surface area contributed by atoms with Crippen LogP contribution < -0.4 is 5.32 Å². The van der Waals surface area contributed by atoms with Crippen LogP contribution >= 0.6 is 12.4 Å². The maximum absolute atomic E-state index is 12.3. The zero-order chi connectivity index (χ0) is 22.5. The summed E-state index contributed by atoms with van der Waals surface area (Å²) in [7, 11) is 0. The van der Waals surface area contributed by atoms with Crippen LogP contribution in [0.5, 0.6) is 0 Å². The minimum atomic E-state index is -1.19. The maximum atomic E-state index is 12.3. The molecule has 2 saturated heterocycles. The molecule has 6 rings (SSSR count). The van der Waals surface area contributed by atoms with E-state index in [0.29, 0.717) is 11.8 Å². The van der Waals surface area contributed by atoms with Gasteiger partial charge in [0.15, 0.2) is 5.82 Å². The number of nitrogens with zero attached hydrogens (tertiary/aromatic N) is 3. The van der Waals surface area contributed by atoms with E-state index < -0.39 is 5.60 Å². The fourth-order valence-electron chi connectivity index (χ4n) is 5.26. The van der Waals surface area contributed by atoms with Gasteiger partial charge in [-0.25, -0.2) is 0 Å². The van der Waals surface area contributed by atoms with Crippen molar-refractivity contribution in [1.29, 1.82) is 0 Å². The number of ether oxygens (including phenoxy) is 1.